The molecule has 0 saturated carbocycles. The lowest BCUT2D eigenvalue weighted by molar-refractivity contribution is 0.586. The summed E-state index contributed by atoms with van der Waals surface area (Å²) in [6.07, 6.45) is 5.72. The molecular weight excluding hydrogens is 262 g/mol. The van der Waals surface area contributed by atoms with Gasteiger partial charge in [0.15, 0.2) is 9.84 Å². The Bertz CT molecular complexity index is 649. The van der Waals surface area contributed by atoms with Crippen molar-refractivity contribution in [3.8, 4) is 0 Å². The first-order valence-corrected chi connectivity index (χ1v) is 7.69. The molecule has 1 heterocycles. The second-order valence-electron chi connectivity index (χ2n) is 4.44. The first kappa shape index (κ1) is 13.6. The van der Waals surface area contributed by atoms with Crippen molar-refractivity contribution in [1.29, 1.82) is 0 Å². The number of hydrogen-bond acceptors (Lipinski definition) is 4. The molecule has 2 aromatic rings. The Labute approximate surface area is 113 Å². The fraction of sp³-hybridized carbons (Fsp3) is 0.308. The summed E-state index contributed by atoms with van der Waals surface area (Å²) in [7, 11) is -3.28. The number of hydrogen-bond donors (Lipinski definition) is 1. The number of aryl methyl sites for hydroxylation is 1. The predicted molar refractivity (Wildman–Crippen MR) is 74.5 cm³/mol. The van der Waals surface area contributed by atoms with Crippen molar-refractivity contribution >= 4 is 15.5 Å². The molecule has 0 amide bonds. The van der Waals surface area contributed by atoms with E-state index in [4.69, 9.17) is 5.73 Å². The van der Waals surface area contributed by atoms with E-state index in [9.17, 15) is 8.42 Å². The number of imidazole rings is 1. The lowest BCUT2D eigenvalue weighted by Gasteiger charge is -2.09. The fourth-order valence-corrected chi connectivity index (χ4v) is 3.53. The fourth-order valence-electron chi connectivity index (χ4n) is 1.93. The van der Waals surface area contributed by atoms with Crippen molar-refractivity contribution in [2.45, 2.75) is 24.8 Å². The van der Waals surface area contributed by atoms with Gasteiger partial charge in [0.25, 0.3) is 0 Å². The van der Waals surface area contributed by atoms with Crippen LogP contribution in [-0.2, 0) is 16.4 Å². The van der Waals surface area contributed by atoms with Crippen molar-refractivity contribution < 1.29 is 8.42 Å². The van der Waals surface area contributed by atoms with Crippen LogP contribution in [0.1, 0.15) is 12.0 Å². The van der Waals surface area contributed by atoms with Gasteiger partial charge in [-0.1, -0.05) is 6.07 Å². The van der Waals surface area contributed by atoms with Gasteiger partial charge >= 0.3 is 0 Å². The van der Waals surface area contributed by atoms with Gasteiger partial charge in [0.1, 0.15) is 0 Å². The number of benzene rings is 1. The van der Waals surface area contributed by atoms with Gasteiger partial charge in [0.2, 0.25) is 0 Å². The highest BCUT2D eigenvalue weighted by atomic mass is 32.2. The Morgan fingerprint density at radius 1 is 1.37 bits per heavy atom. The first-order valence-electron chi connectivity index (χ1n) is 6.04. The summed E-state index contributed by atoms with van der Waals surface area (Å²) in [6.45, 7) is 2.37. The number of nitrogens with two attached hydrogens (primary N) is 1. The van der Waals surface area contributed by atoms with Gasteiger partial charge in [0, 0.05) is 24.6 Å². The van der Waals surface area contributed by atoms with Crippen LogP contribution in [0.5, 0.6) is 0 Å². The van der Waals surface area contributed by atoms with Crippen LogP contribution in [0.3, 0.4) is 0 Å². The predicted octanol–water partition coefficient (Wildman–Crippen LogP) is 1.64. The van der Waals surface area contributed by atoms with E-state index < -0.39 is 9.84 Å². The zero-order chi connectivity index (χ0) is 13.9. The van der Waals surface area contributed by atoms with E-state index in [1.807, 2.05) is 10.8 Å². The quantitative estimate of drug-likeness (QED) is 0.844. The minimum atomic E-state index is -3.28. The largest absolute Gasteiger partial charge is 0.398 e. The van der Waals surface area contributed by atoms with E-state index in [1.165, 1.54) is 0 Å². The molecule has 1 aromatic carbocycles. The third-order valence-corrected chi connectivity index (χ3v) is 4.99. The van der Waals surface area contributed by atoms with Crippen LogP contribution >= 0.6 is 0 Å². The third kappa shape index (κ3) is 3.14. The molecule has 0 fully saturated rings. The molecule has 0 spiro atoms. The van der Waals surface area contributed by atoms with E-state index >= 15 is 0 Å². The number of sulfone groups is 1. The smallest absolute Gasteiger partial charge is 0.178 e. The van der Waals surface area contributed by atoms with Crippen molar-refractivity contribution in [2.24, 2.45) is 0 Å². The van der Waals surface area contributed by atoms with Gasteiger partial charge < -0.3 is 10.3 Å². The number of rotatable bonds is 5. The molecule has 1 aromatic heterocycles. The summed E-state index contributed by atoms with van der Waals surface area (Å²) in [5.41, 5.74) is 6.89. The monoisotopic (exact) mass is 279 g/mol. The summed E-state index contributed by atoms with van der Waals surface area (Å²) in [4.78, 5) is 4.25. The van der Waals surface area contributed by atoms with Gasteiger partial charge in [0.05, 0.1) is 17.0 Å². The lowest BCUT2D eigenvalue weighted by atomic mass is 10.2. The molecule has 0 unspecified atom stereocenters. The van der Waals surface area contributed by atoms with Crippen LogP contribution in [0.4, 0.5) is 5.69 Å². The minimum Gasteiger partial charge on any atom is -0.398 e. The van der Waals surface area contributed by atoms with E-state index in [-0.39, 0.29) is 5.75 Å². The molecule has 0 bridgehead atoms. The van der Waals surface area contributed by atoms with Crippen molar-refractivity contribution in [1.82, 2.24) is 9.55 Å². The maximum atomic E-state index is 12.3. The van der Waals surface area contributed by atoms with E-state index in [1.54, 1.807) is 37.6 Å². The number of aromatic nitrogens is 2. The van der Waals surface area contributed by atoms with E-state index in [0.29, 0.717) is 29.1 Å². The van der Waals surface area contributed by atoms with Gasteiger partial charge in [-0.3, -0.25) is 0 Å². The van der Waals surface area contributed by atoms with Crippen LogP contribution in [0.15, 0.2) is 41.8 Å². The van der Waals surface area contributed by atoms with Crippen LogP contribution in [0.25, 0.3) is 0 Å². The lowest BCUT2D eigenvalue weighted by Crippen LogP contribution is -2.11. The van der Waals surface area contributed by atoms with Gasteiger partial charge in [-0.05, 0) is 31.0 Å². The Morgan fingerprint density at radius 2 is 2.16 bits per heavy atom. The van der Waals surface area contributed by atoms with Crippen LogP contribution < -0.4 is 5.73 Å². The van der Waals surface area contributed by atoms with Crippen molar-refractivity contribution in [3.05, 3.63) is 42.5 Å². The minimum absolute atomic E-state index is 0.107. The molecule has 2 rings (SSSR count). The summed E-state index contributed by atoms with van der Waals surface area (Å²) >= 11 is 0. The molecule has 0 aliphatic rings. The topological polar surface area (TPSA) is 78.0 Å². The maximum absolute atomic E-state index is 12.3. The average Bonchev–Trinajstić information content (AvgIpc) is 2.85. The molecule has 0 saturated heterocycles. The Hall–Kier alpha value is -1.82. The second kappa shape index (κ2) is 5.44. The Balaban J connectivity index is 2.08. The molecule has 0 aliphatic heterocycles. The molecule has 0 aliphatic carbocycles. The van der Waals surface area contributed by atoms with Gasteiger partial charge in [-0.2, -0.15) is 0 Å². The van der Waals surface area contributed by atoms with Gasteiger partial charge in [-0.25, -0.2) is 13.4 Å². The molecular formula is C13H17N3O2S. The third-order valence-electron chi connectivity index (χ3n) is 3.05. The molecule has 0 atom stereocenters. The molecule has 102 valence electrons. The van der Waals surface area contributed by atoms with E-state index in [2.05, 4.69) is 4.98 Å². The zero-order valence-electron chi connectivity index (χ0n) is 10.8. The molecule has 2 N–H and O–H groups in total. The molecule has 5 nitrogen and oxygen atoms in total. The molecule has 19 heavy (non-hydrogen) atoms. The molecule has 0 radical (unpaired) electrons. The second-order valence-corrected chi connectivity index (χ2v) is 6.52. The zero-order valence-corrected chi connectivity index (χ0v) is 11.6. The number of anilines is 1. The van der Waals surface area contributed by atoms with Crippen LogP contribution in [0, 0.1) is 6.92 Å². The number of nitrogen functional groups attached to an aromatic ring is 1. The Kier molecular flexibility index (Phi) is 3.90. The van der Waals surface area contributed by atoms with Crippen molar-refractivity contribution in [3.63, 3.8) is 0 Å². The summed E-state index contributed by atoms with van der Waals surface area (Å²) in [5, 5.41) is 0. The van der Waals surface area contributed by atoms with Crippen LogP contribution in [0.2, 0.25) is 0 Å². The first-order chi connectivity index (χ1) is 9.00. The molecule has 6 heteroatoms. The highest BCUT2D eigenvalue weighted by Gasteiger charge is 2.17. The SMILES string of the molecule is Cc1c(N)cccc1S(=O)(=O)CCCn1ccnc1. The standard InChI is InChI=1S/C13H17N3O2S/c1-11-12(14)4-2-5-13(11)19(17,18)9-3-7-16-8-6-15-10-16/h2,4-6,8,10H,3,7,9,14H2,1H3. The summed E-state index contributed by atoms with van der Waals surface area (Å²) < 4.78 is 26.4. The highest BCUT2D eigenvalue weighted by Crippen LogP contribution is 2.22. The normalized spacial score (nSPS) is 11.6. The van der Waals surface area contributed by atoms with E-state index in [0.717, 1.165) is 0 Å². The summed E-state index contributed by atoms with van der Waals surface area (Å²) in [5.74, 6) is 0.107. The Morgan fingerprint density at radius 3 is 2.84 bits per heavy atom. The summed E-state index contributed by atoms with van der Waals surface area (Å²) in [6, 6.07) is 4.99. The average molecular weight is 279 g/mol. The number of nitrogens with zero attached hydrogens (tertiary/aromatic N) is 2. The highest BCUT2D eigenvalue weighted by molar-refractivity contribution is 7.91. The van der Waals surface area contributed by atoms with Gasteiger partial charge in [-0.15, -0.1) is 0 Å². The van der Waals surface area contributed by atoms with Crippen LogP contribution in [-0.4, -0.2) is 23.7 Å². The maximum Gasteiger partial charge on any atom is 0.178 e. The van der Waals surface area contributed by atoms with Crippen molar-refractivity contribution in [2.75, 3.05) is 11.5 Å².